The minimum absolute atomic E-state index is 0.235. The van der Waals surface area contributed by atoms with Gasteiger partial charge in [0, 0.05) is 19.4 Å². The molecule has 2 heterocycles. The average Bonchev–Trinajstić information content (AvgIpc) is 2.85. The zero-order valence-corrected chi connectivity index (χ0v) is 12.1. The molecule has 6 nitrogen and oxygen atoms in total. The van der Waals surface area contributed by atoms with E-state index in [9.17, 15) is 4.79 Å². The summed E-state index contributed by atoms with van der Waals surface area (Å²) >= 11 is 0. The van der Waals surface area contributed by atoms with Crippen molar-refractivity contribution in [3.8, 4) is 11.8 Å². The molecule has 0 unspecified atom stereocenters. The molecule has 0 aliphatic heterocycles. The Morgan fingerprint density at radius 3 is 3.05 bits per heavy atom. The van der Waals surface area contributed by atoms with E-state index in [0.717, 1.165) is 12.1 Å². The topological polar surface area (TPSA) is 85.8 Å². The molecular formula is C15H17N5O. The number of aryl methyl sites for hydroxylation is 2. The summed E-state index contributed by atoms with van der Waals surface area (Å²) in [6.45, 7) is 2.22. The Balaban J connectivity index is 2.28. The van der Waals surface area contributed by atoms with Crippen LogP contribution < -0.4 is 11.1 Å². The van der Waals surface area contributed by atoms with E-state index in [2.05, 4.69) is 27.2 Å². The van der Waals surface area contributed by atoms with E-state index in [4.69, 9.17) is 5.73 Å². The van der Waals surface area contributed by atoms with Crippen LogP contribution >= 0.6 is 0 Å². The van der Waals surface area contributed by atoms with E-state index < -0.39 is 0 Å². The van der Waals surface area contributed by atoms with Gasteiger partial charge >= 0.3 is 0 Å². The Hall–Kier alpha value is -2.65. The highest BCUT2D eigenvalue weighted by Crippen LogP contribution is 2.15. The number of hydrogen-bond donors (Lipinski definition) is 2. The van der Waals surface area contributed by atoms with Gasteiger partial charge in [0.05, 0.1) is 23.5 Å². The van der Waals surface area contributed by atoms with Gasteiger partial charge in [0.25, 0.3) is 5.91 Å². The number of carbonyl (C=O) groups is 1. The van der Waals surface area contributed by atoms with Crippen molar-refractivity contribution in [2.24, 2.45) is 12.8 Å². The molecule has 3 N–H and O–H groups in total. The van der Waals surface area contributed by atoms with Crippen LogP contribution in [0, 0.1) is 11.8 Å². The van der Waals surface area contributed by atoms with Gasteiger partial charge in [-0.25, -0.2) is 4.98 Å². The smallest absolute Gasteiger partial charge is 0.275 e. The molecule has 0 fully saturated rings. The highest BCUT2D eigenvalue weighted by Gasteiger charge is 2.15. The van der Waals surface area contributed by atoms with Crippen molar-refractivity contribution in [3.63, 3.8) is 0 Å². The summed E-state index contributed by atoms with van der Waals surface area (Å²) in [5, 5.41) is 7.12. The molecule has 0 aliphatic rings. The van der Waals surface area contributed by atoms with E-state index in [1.54, 1.807) is 29.2 Å². The van der Waals surface area contributed by atoms with Gasteiger partial charge < -0.3 is 11.1 Å². The first-order valence-corrected chi connectivity index (χ1v) is 6.63. The molecule has 0 spiro atoms. The average molecular weight is 283 g/mol. The van der Waals surface area contributed by atoms with Gasteiger partial charge in [-0.1, -0.05) is 18.8 Å². The fourth-order valence-electron chi connectivity index (χ4n) is 1.91. The van der Waals surface area contributed by atoms with E-state index in [1.165, 1.54) is 0 Å². The summed E-state index contributed by atoms with van der Waals surface area (Å²) in [5.41, 5.74) is 7.72. The van der Waals surface area contributed by atoms with Gasteiger partial charge in [0.1, 0.15) is 5.69 Å². The largest absolute Gasteiger partial charge is 0.320 e. The molecule has 0 saturated carbocycles. The first-order chi connectivity index (χ1) is 10.2. The van der Waals surface area contributed by atoms with Crippen LogP contribution in [-0.2, 0) is 13.5 Å². The monoisotopic (exact) mass is 283 g/mol. The summed E-state index contributed by atoms with van der Waals surface area (Å²) in [7, 11) is 1.81. The molecule has 0 aliphatic carbocycles. The molecule has 108 valence electrons. The van der Waals surface area contributed by atoms with Crippen LogP contribution in [0.3, 0.4) is 0 Å². The molecule has 0 radical (unpaired) electrons. The number of nitrogens with two attached hydrogens (primary N) is 1. The fourth-order valence-corrected chi connectivity index (χ4v) is 1.91. The van der Waals surface area contributed by atoms with Crippen LogP contribution in [0.1, 0.15) is 28.7 Å². The number of nitrogens with one attached hydrogen (secondary N) is 1. The second kappa shape index (κ2) is 6.68. The number of pyridine rings is 1. The predicted octanol–water partition coefficient (Wildman–Crippen LogP) is 0.940. The van der Waals surface area contributed by atoms with Crippen molar-refractivity contribution in [2.45, 2.75) is 13.3 Å². The van der Waals surface area contributed by atoms with Crippen molar-refractivity contribution in [3.05, 3.63) is 41.5 Å². The number of aromatic nitrogens is 3. The maximum Gasteiger partial charge on any atom is 0.275 e. The maximum atomic E-state index is 12.4. The van der Waals surface area contributed by atoms with Gasteiger partial charge in [0.2, 0.25) is 0 Å². The van der Waals surface area contributed by atoms with Crippen LogP contribution in [0.4, 0.5) is 5.69 Å². The Bertz CT molecular complexity index is 708. The van der Waals surface area contributed by atoms with Gasteiger partial charge in [-0.15, -0.1) is 0 Å². The van der Waals surface area contributed by atoms with Gasteiger partial charge in [-0.2, -0.15) is 5.10 Å². The van der Waals surface area contributed by atoms with E-state index in [-0.39, 0.29) is 18.1 Å². The van der Waals surface area contributed by atoms with Crippen molar-refractivity contribution in [1.29, 1.82) is 0 Å². The molecule has 2 aromatic rings. The summed E-state index contributed by atoms with van der Waals surface area (Å²) in [6.07, 6.45) is 4.07. The van der Waals surface area contributed by atoms with E-state index in [1.807, 2.05) is 14.0 Å². The maximum absolute atomic E-state index is 12.4. The first kappa shape index (κ1) is 14.8. The normalized spacial score (nSPS) is 9.86. The van der Waals surface area contributed by atoms with Crippen LogP contribution in [0.2, 0.25) is 0 Å². The predicted molar refractivity (Wildman–Crippen MR) is 80.7 cm³/mol. The minimum Gasteiger partial charge on any atom is -0.320 e. The molecule has 2 rings (SSSR count). The third-order valence-corrected chi connectivity index (χ3v) is 2.84. The second-order valence-electron chi connectivity index (χ2n) is 4.38. The number of amides is 1. The fraction of sp³-hybridized carbons (Fsp3) is 0.267. The van der Waals surface area contributed by atoms with Crippen LogP contribution in [0.5, 0.6) is 0 Å². The third kappa shape index (κ3) is 3.46. The number of anilines is 1. The summed E-state index contributed by atoms with van der Waals surface area (Å²) in [6, 6.07) is 3.48. The Morgan fingerprint density at radius 1 is 1.52 bits per heavy atom. The van der Waals surface area contributed by atoms with Crippen molar-refractivity contribution in [2.75, 3.05) is 11.9 Å². The molecule has 0 atom stereocenters. The lowest BCUT2D eigenvalue weighted by Crippen LogP contribution is -2.16. The zero-order valence-electron chi connectivity index (χ0n) is 12.1. The lowest BCUT2D eigenvalue weighted by molar-refractivity contribution is 0.102. The van der Waals surface area contributed by atoms with E-state index >= 15 is 0 Å². The van der Waals surface area contributed by atoms with E-state index in [0.29, 0.717) is 11.3 Å². The van der Waals surface area contributed by atoms with Gasteiger partial charge in [0.15, 0.2) is 0 Å². The summed E-state index contributed by atoms with van der Waals surface area (Å²) in [4.78, 5) is 16.5. The second-order valence-corrected chi connectivity index (χ2v) is 4.38. The van der Waals surface area contributed by atoms with Crippen LogP contribution in [0.25, 0.3) is 0 Å². The number of nitrogens with zero attached hydrogens (tertiary/aromatic N) is 3. The summed E-state index contributed by atoms with van der Waals surface area (Å²) in [5.74, 6) is 5.28. The highest BCUT2D eigenvalue weighted by atomic mass is 16.1. The first-order valence-electron chi connectivity index (χ1n) is 6.63. The van der Waals surface area contributed by atoms with Gasteiger partial charge in [-0.05, 0) is 18.6 Å². The molecular weight excluding hydrogens is 266 g/mol. The SMILES string of the molecule is CCc1nn(C)cc1NC(=O)c1ncccc1C#CCN. The lowest BCUT2D eigenvalue weighted by atomic mass is 10.2. The highest BCUT2D eigenvalue weighted by molar-refractivity contribution is 6.04. The third-order valence-electron chi connectivity index (χ3n) is 2.84. The molecule has 1 amide bonds. The van der Waals surface area contributed by atoms with Crippen LogP contribution in [-0.4, -0.2) is 27.2 Å². The molecule has 0 bridgehead atoms. The van der Waals surface area contributed by atoms with Crippen molar-refractivity contribution >= 4 is 11.6 Å². The Kier molecular flexibility index (Phi) is 4.69. The Labute approximate surface area is 123 Å². The lowest BCUT2D eigenvalue weighted by Gasteiger charge is -2.05. The molecule has 6 heteroatoms. The number of hydrogen-bond acceptors (Lipinski definition) is 4. The molecule has 0 aromatic carbocycles. The molecule has 0 saturated heterocycles. The quantitative estimate of drug-likeness (QED) is 0.821. The van der Waals surface area contributed by atoms with Crippen molar-refractivity contribution in [1.82, 2.24) is 14.8 Å². The standard InChI is InChI=1S/C15H17N5O/c1-3-12-13(10-20(2)19-12)18-15(21)14-11(6-4-8-16)7-5-9-17-14/h5,7,9-10H,3,8,16H2,1-2H3,(H,18,21). The summed E-state index contributed by atoms with van der Waals surface area (Å²) < 4.78 is 1.67. The molecule has 2 aromatic heterocycles. The van der Waals surface area contributed by atoms with Gasteiger partial charge in [-0.3, -0.25) is 9.48 Å². The number of carbonyl (C=O) groups excluding carboxylic acids is 1. The number of rotatable bonds is 3. The van der Waals surface area contributed by atoms with Crippen molar-refractivity contribution < 1.29 is 4.79 Å². The zero-order chi connectivity index (χ0) is 15.2. The molecule has 21 heavy (non-hydrogen) atoms. The van der Waals surface area contributed by atoms with Crippen LogP contribution in [0.15, 0.2) is 24.5 Å². The Morgan fingerprint density at radius 2 is 2.33 bits per heavy atom. The minimum atomic E-state index is -0.306.